The predicted molar refractivity (Wildman–Crippen MR) is 82.0 cm³/mol. The van der Waals surface area contributed by atoms with Gasteiger partial charge >= 0.3 is 0 Å². The zero-order valence-electron chi connectivity index (χ0n) is 11.9. The maximum atomic E-state index is 12.3. The minimum absolute atomic E-state index is 0.196. The molecule has 0 unspecified atom stereocenters. The molecule has 1 amide bonds. The Morgan fingerprint density at radius 2 is 1.85 bits per heavy atom. The Kier molecular flexibility index (Phi) is 4.23. The third-order valence-corrected chi connectivity index (χ3v) is 3.25. The van der Waals surface area contributed by atoms with Gasteiger partial charge in [-0.2, -0.15) is 0 Å². The molecule has 106 valence electrons. The molecular weight excluding hydrogens is 320 g/mol. The van der Waals surface area contributed by atoms with Crippen LogP contribution in [0.1, 0.15) is 41.8 Å². The lowest BCUT2D eigenvalue weighted by Gasteiger charge is -2.12. The van der Waals surface area contributed by atoms with Crippen molar-refractivity contribution < 1.29 is 4.79 Å². The smallest absolute Gasteiger partial charge is 0.274 e. The maximum absolute atomic E-state index is 12.3. The molecule has 0 radical (unpaired) electrons. The summed E-state index contributed by atoms with van der Waals surface area (Å²) in [5.74, 6) is 0.120. The summed E-state index contributed by atoms with van der Waals surface area (Å²) in [7, 11) is 0. The Morgan fingerprint density at radius 1 is 1.25 bits per heavy atom. The zero-order valence-corrected chi connectivity index (χ0v) is 13.5. The molecule has 2 aromatic heterocycles. The number of halogens is 1. The Balaban J connectivity index is 2.28. The first kappa shape index (κ1) is 14.7. The van der Waals surface area contributed by atoms with Gasteiger partial charge in [-0.1, -0.05) is 0 Å². The van der Waals surface area contributed by atoms with Crippen LogP contribution in [0.2, 0.25) is 0 Å². The molecule has 0 aliphatic heterocycles. The molecule has 5 nitrogen and oxygen atoms in total. The number of aromatic nitrogens is 3. The average molecular weight is 337 g/mol. The van der Waals surface area contributed by atoms with E-state index in [1.165, 1.54) is 0 Å². The lowest BCUT2D eigenvalue weighted by atomic mass is 10.3. The van der Waals surface area contributed by atoms with Gasteiger partial charge in [0.2, 0.25) is 5.95 Å². The second kappa shape index (κ2) is 5.75. The van der Waals surface area contributed by atoms with E-state index in [4.69, 9.17) is 0 Å². The van der Waals surface area contributed by atoms with Gasteiger partial charge in [0.15, 0.2) is 0 Å². The van der Waals surface area contributed by atoms with Crippen molar-refractivity contribution in [1.82, 2.24) is 14.5 Å². The van der Waals surface area contributed by atoms with Crippen molar-refractivity contribution in [3.8, 4) is 0 Å². The van der Waals surface area contributed by atoms with Crippen LogP contribution < -0.4 is 5.32 Å². The Bertz CT molecular complexity index is 628. The number of aryl methyl sites for hydroxylation is 2. The molecule has 0 aromatic carbocycles. The molecule has 0 aliphatic rings. The number of amides is 1. The van der Waals surface area contributed by atoms with E-state index in [1.54, 1.807) is 6.07 Å². The van der Waals surface area contributed by atoms with E-state index < -0.39 is 0 Å². The van der Waals surface area contributed by atoms with E-state index in [9.17, 15) is 4.79 Å². The summed E-state index contributed by atoms with van der Waals surface area (Å²) in [4.78, 5) is 20.8. The molecule has 20 heavy (non-hydrogen) atoms. The highest BCUT2D eigenvalue weighted by molar-refractivity contribution is 9.10. The third-order valence-electron chi connectivity index (χ3n) is 2.81. The summed E-state index contributed by atoms with van der Waals surface area (Å²) in [6.45, 7) is 7.79. The summed E-state index contributed by atoms with van der Waals surface area (Å²) in [6, 6.07) is 3.85. The highest BCUT2D eigenvalue weighted by atomic mass is 79.9. The van der Waals surface area contributed by atoms with Crippen molar-refractivity contribution in [3.63, 3.8) is 0 Å². The van der Waals surface area contributed by atoms with Gasteiger partial charge in [0.25, 0.3) is 5.91 Å². The minimum atomic E-state index is -0.214. The highest BCUT2D eigenvalue weighted by Gasteiger charge is 2.16. The highest BCUT2D eigenvalue weighted by Crippen LogP contribution is 2.20. The van der Waals surface area contributed by atoms with Crippen LogP contribution in [0.5, 0.6) is 0 Å². The second-order valence-corrected chi connectivity index (χ2v) is 5.89. The van der Waals surface area contributed by atoms with E-state index in [-0.39, 0.29) is 11.9 Å². The van der Waals surface area contributed by atoms with E-state index >= 15 is 0 Å². The van der Waals surface area contributed by atoms with Crippen LogP contribution in [0.25, 0.3) is 0 Å². The largest absolute Gasteiger partial charge is 0.340 e. The zero-order chi connectivity index (χ0) is 14.9. The molecule has 2 rings (SSSR count). The normalized spacial score (nSPS) is 10.9. The lowest BCUT2D eigenvalue weighted by molar-refractivity contribution is 0.101. The van der Waals surface area contributed by atoms with Gasteiger partial charge < -0.3 is 4.57 Å². The maximum Gasteiger partial charge on any atom is 0.274 e. The molecule has 2 aromatic rings. The summed E-state index contributed by atoms with van der Waals surface area (Å²) < 4.78 is 2.78. The lowest BCUT2D eigenvalue weighted by Crippen LogP contribution is -2.19. The molecule has 0 fully saturated rings. The van der Waals surface area contributed by atoms with Crippen LogP contribution >= 0.6 is 15.9 Å². The van der Waals surface area contributed by atoms with Crippen LogP contribution in [-0.2, 0) is 0 Å². The van der Waals surface area contributed by atoms with Gasteiger partial charge in [-0.25, -0.2) is 9.97 Å². The van der Waals surface area contributed by atoms with Crippen molar-refractivity contribution in [3.05, 3.63) is 39.9 Å². The Morgan fingerprint density at radius 3 is 2.40 bits per heavy atom. The monoisotopic (exact) mass is 336 g/mol. The van der Waals surface area contributed by atoms with Crippen LogP contribution in [0, 0.1) is 13.8 Å². The van der Waals surface area contributed by atoms with Crippen molar-refractivity contribution in [2.24, 2.45) is 0 Å². The molecule has 2 heterocycles. The number of nitrogens with zero attached hydrogens (tertiary/aromatic N) is 3. The van der Waals surface area contributed by atoms with Crippen LogP contribution in [0.15, 0.2) is 22.8 Å². The van der Waals surface area contributed by atoms with Crippen LogP contribution in [0.3, 0.4) is 0 Å². The standard InChI is InChI=1S/C14H17BrN4O/c1-8(2)19-7-11(15)6-12(19)13(20)18-14-16-9(3)5-10(4)17-14/h5-8H,1-4H3,(H,16,17,18,20). The fourth-order valence-electron chi connectivity index (χ4n) is 2.00. The van der Waals surface area contributed by atoms with Gasteiger partial charge in [0.05, 0.1) is 0 Å². The fourth-order valence-corrected chi connectivity index (χ4v) is 2.44. The number of hydrogen-bond acceptors (Lipinski definition) is 3. The van der Waals surface area contributed by atoms with Gasteiger partial charge in [0.1, 0.15) is 5.69 Å². The van der Waals surface area contributed by atoms with E-state index in [2.05, 4.69) is 31.2 Å². The topological polar surface area (TPSA) is 59.8 Å². The summed E-state index contributed by atoms with van der Waals surface area (Å²) in [5, 5.41) is 2.75. The summed E-state index contributed by atoms with van der Waals surface area (Å²) >= 11 is 3.40. The van der Waals surface area contributed by atoms with Crippen molar-refractivity contribution in [2.45, 2.75) is 33.7 Å². The van der Waals surface area contributed by atoms with Gasteiger partial charge in [-0.05, 0) is 55.8 Å². The van der Waals surface area contributed by atoms with Gasteiger partial charge in [-0.15, -0.1) is 0 Å². The minimum Gasteiger partial charge on any atom is -0.340 e. The first-order chi connectivity index (χ1) is 9.36. The second-order valence-electron chi connectivity index (χ2n) is 4.97. The molecule has 0 spiro atoms. The van der Waals surface area contributed by atoms with Gasteiger partial charge in [0, 0.05) is 28.1 Å². The Labute approximate surface area is 126 Å². The van der Waals surface area contributed by atoms with Crippen LogP contribution in [0.4, 0.5) is 5.95 Å². The number of rotatable bonds is 3. The predicted octanol–water partition coefficient (Wildman–Crippen LogP) is 3.49. The molecule has 0 saturated heterocycles. The summed E-state index contributed by atoms with van der Waals surface area (Å²) in [6.07, 6.45) is 1.89. The average Bonchev–Trinajstić information content (AvgIpc) is 2.70. The Hall–Kier alpha value is -1.69. The van der Waals surface area contributed by atoms with Crippen LogP contribution in [-0.4, -0.2) is 20.4 Å². The van der Waals surface area contributed by atoms with E-state index in [0.717, 1.165) is 15.9 Å². The quantitative estimate of drug-likeness (QED) is 0.933. The molecule has 0 bridgehead atoms. The van der Waals surface area contributed by atoms with Crippen molar-refractivity contribution in [2.75, 3.05) is 5.32 Å². The number of anilines is 1. The number of nitrogens with one attached hydrogen (secondary N) is 1. The molecule has 0 saturated carbocycles. The van der Waals surface area contributed by atoms with Gasteiger partial charge in [-0.3, -0.25) is 10.1 Å². The van der Waals surface area contributed by atoms with Crippen molar-refractivity contribution in [1.29, 1.82) is 0 Å². The molecule has 0 aliphatic carbocycles. The molecule has 6 heteroatoms. The third kappa shape index (κ3) is 3.25. The first-order valence-electron chi connectivity index (χ1n) is 6.38. The summed E-state index contributed by atoms with van der Waals surface area (Å²) in [5.41, 5.74) is 2.23. The van der Waals surface area contributed by atoms with Crippen molar-refractivity contribution >= 4 is 27.8 Å². The molecule has 0 atom stereocenters. The number of hydrogen-bond donors (Lipinski definition) is 1. The SMILES string of the molecule is Cc1cc(C)nc(NC(=O)c2cc(Br)cn2C(C)C)n1. The van der Waals surface area contributed by atoms with E-state index in [0.29, 0.717) is 11.6 Å². The van der Waals surface area contributed by atoms with E-state index in [1.807, 2.05) is 44.5 Å². The number of carbonyl (C=O) groups excluding carboxylic acids is 1. The number of carbonyl (C=O) groups is 1. The first-order valence-corrected chi connectivity index (χ1v) is 7.17. The molecule has 1 N–H and O–H groups in total. The molecular formula is C14H17BrN4O. The fraction of sp³-hybridized carbons (Fsp3) is 0.357.